The molecule has 0 spiro atoms. The van der Waals surface area contributed by atoms with Gasteiger partial charge in [-0.25, -0.2) is 13.5 Å². The second kappa shape index (κ2) is 7.43. The van der Waals surface area contributed by atoms with Crippen LogP contribution in [0.4, 0.5) is 14.6 Å². The van der Waals surface area contributed by atoms with Crippen LogP contribution in [0.5, 0.6) is 0 Å². The maximum absolute atomic E-state index is 14.1. The summed E-state index contributed by atoms with van der Waals surface area (Å²) in [5.74, 6) is -1.62. The van der Waals surface area contributed by atoms with E-state index in [0.717, 1.165) is 12.1 Å². The summed E-state index contributed by atoms with van der Waals surface area (Å²) >= 11 is 11.8. The third-order valence-corrected chi connectivity index (χ3v) is 4.45. The number of halogens is 4. The van der Waals surface area contributed by atoms with Crippen molar-refractivity contribution in [1.82, 2.24) is 9.78 Å². The summed E-state index contributed by atoms with van der Waals surface area (Å²) in [6.07, 6.45) is 0.534. The molecule has 2 aromatic carbocycles. The molecular formula is C18H13Cl2F2N3O. The highest BCUT2D eigenvalue weighted by molar-refractivity contribution is 6.42. The molecule has 4 nitrogen and oxygen atoms in total. The number of aryl methyl sites for hydroxylation is 1. The number of rotatable bonds is 4. The summed E-state index contributed by atoms with van der Waals surface area (Å²) in [7, 11) is 0. The number of hydrogen-bond donors (Lipinski definition) is 1. The third kappa shape index (κ3) is 3.71. The summed E-state index contributed by atoms with van der Waals surface area (Å²) < 4.78 is 28.5. The van der Waals surface area contributed by atoms with Gasteiger partial charge in [-0.1, -0.05) is 30.1 Å². The lowest BCUT2D eigenvalue weighted by molar-refractivity contribution is 0.102. The van der Waals surface area contributed by atoms with Crippen LogP contribution in [0, 0.1) is 11.6 Å². The Morgan fingerprint density at radius 1 is 1.12 bits per heavy atom. The third-order valence-electron chi connectivity index (χ3n) is 3.71. The Morgan fingerprint density at radius 3 is 2.54 bits per heavy atom. The van der Waals surface area contributed by atoms with Crippen molar-refractivity contribution in [2.75, 3.05) is 5.32 Å². The Balaban J connectivity index is 1.91. The zero-order chi connectivity index (χ0) is 18.8. The molecule has 134 valence electrons. The van der Waals surface area contributed by atoms with Gasteiger partial charge >= 0.3 is 0 Å². The zero-order valence-corrected chi connectivity index (χ0v) is 15.1. The van der Waals surface area contributed by atoms with Crippen molar-refractivity contribution < 1.29 is 13.6 Å². The average Bonchev–Trinajstić information content (AvgIpc) is 2.99. The molecule has 1 aromatic heterocycles. The van der Waals surface area contributed by atoms with Gasteiger partial charge in [-0.05, 0) is 36.8 Å². The van der Waals surface area contributed by atoms with Crippen molar-refractivity contribution in [2.24, 2.45) is 0 Å². The van der Waals surface area contributed by atoms with Crippen molar-refractivity contribution in [3.63, 3.8) is 0 Å². The van der Waals surface area contributed by atoms with Gasteiger partial charge in [0.25, 0.3) is 5.91 Å². The van der Waals surface area contributed by atoms with Gasteiger partial charge < -0.3 is 5.32 Å². The number of nitrogens with zero attached hydrogens (tertiary/aromatic N) is 2. The quantitative estimate of drug-likeness (QED) is 0.653. The molecular weight excluding hydrogens is 383 g/mol. The van der Waals surface area contributed by atoms with Crippen LogP contribution < -0.4 is 5.32 Å². The van der Waals surface area contributed by atoms with Crippen LogP contribution in [0.1, 0.15) is 23.0 Å². The molecule has 1 heterocycles. The highest BCUT2D eigenvalue weighted by Crippen LogP contribution is 2.24. The zero-order valence-electron chi connectivity index (χ0n) is 13.6. The van der Waals surface area contributed by atoms with E-state index in [1.807, 2.05) is 6.92 Å². The molecule has 0 saturated heterocycles. The summed E-state index contributed by atoms with van der Waals surface area (Å²) in [6, 6.07) is 9.33. The molecule has 0 saturated carbocycles. The normalized spacial score (nSPS) is 10.8. The molecule has 0 fully saturated rings. The molecule has 0 aliphatic heterocycles. The van der Waals surface area contributed by atoms with Crippen molar-refractivity contribution in [3.8, 4) is 5.69 Å². The van der Waals surface area contributed by atoms with E-state index >= 15 is 0 Å². The molecule has 26 heavy (non-hydrogen) atoms. The van der Waals surface area contributed by atoms with E-state index in [9.17, 15) is 13.6 Å². The number of nitrogens with one attached hydrogen (secondary N) is 1. The maximum Gasteiger partial charge on any atom is 0.256 e. The molecule has 1 amide bonds. The topological polar surface area (TPSA) is 46.9 Å². The van der Waals surface area contributed by atoms with Gasteiger partial charge in [0.15, 0.2) is 11.6 Å². The fraction of sp³-hybridized carbons (Fsp3) is 0.111. The maximum atomic E-state index is 14.1. The van der Waals surface area contributed by atoms with E-state index < -0.39 is 17.5 Å². The van der Waals surface area contributed by atoms with Crippen LogP contribution in [-0.4, -0.2) is 15.7 Å². The Hall–Kier alpha value is -2.44. The molecule has 0 radical (unpaired) electrons. The average molecular weight is 396 g/mol. The van der Waals surface area contributed by atoms with E-state index in [2.05, 4.69) is 10.4 Å². The minimum absolute atomic E-state index is 0.0956. The van der Waals surface area contributed by atoms with Gasteiger partial charge in [0.05, 0.1) is 10.0 Å². The monoisotopic (exact) mass is 395 g/mol. The van der Waals surface area contributed by atoms with Crippen LogP contribution >= 0.6 is 23.2 Å². The lowest BCUT2D eigenvalue weighted by atomic mass is 10.2. The van der Waals surface area contributed by atoms with Crippen LogP contribution in [0.15, 0.2) is 42.5 Å². The minimum Gasteiger partial charge on any atom is -0.305 e. The lowest BCUT2D eigenvalue weighted by Gasteiger charge is -2.07. The van der Waals surface area contributed by atoms with E-state index in [0.29, 0.717) is 22.7 Å². The van der Waals surface area contributed by atoms with Crippen molar-refractivity contribution in [2.45, 2.75) is 13.3 Å². The summed E-state index contributed by atoms with van der Waals surface area (Å²) in [5, 5.41) is 7.44. The molecule has 0 atom stereocenters. The van der Waals surface area contributed by atoms with Crippen molar-refractivity contribution >= 4 is 34.9 Å². The molecule has 3 rings (SSSR count). The van der Waals surface area contributed by atoms with E-state index in [1.54, 1.807) is 6.07 Å². The van der Waals surface area contributed by atoms with Gasteiger partial charge in [-0.3, -0.25) is 4.79 Å². The van der Waals surface area contributed by atoms with Gasteiger partial charge in [0.1, 0.15) is 11.5 Å². The Labute approximate surface area is 158 Å². The van der Waals surface area contributed by atoms with Crippen molar-refractivity contribution in [3.05, 3.63) is 75.4 Å². The highest BCUT2D eigenvalue weighted by atomic mass is 35.5. The highest BCUT2D eigenvalue weighted by Gasteiger charge is 2.15. The van der Waals surface area contributed by atoms with Crippen LogP contribution in [-0.2, 0) is 6.42 Å². The first-order chi connectivity index (χ1) is 12.4. The SMILES string of the molecule is CCc1cc(NC(=O)c2ccc(Cl)c(Cl)c2)nn1-c1ccc(F)cc1F. The van der Waals surface area contributed by atoms with Gasteiger partial charge in [0.2, 0.25) is 0 Å². The molecule has 0 unspecified atom stereocenters. The van der Waals surface area contributed by atoms with Crippen LogP contribution in [0.2, 0.25) is 10.0 Å². The number of aromatic nitrogens is 2. The Morgan fingerprint density at radius 2 is 1.88 bits per heavy atom. The number of carbonyl (C=O) groups excluding carboxylic acids is 1. The van der Waals surface area contributed by atoms with Crippen LogP contribution in [0.3, 0.4) is 0 Å². The number of benzene rings is 2. The van der Waals surface area contributed by atoms with Gasteiger partial charge in [0, 0.05) is 23.4 Å². The molecule has 1 N–H and O–H groups in total. The predicted octanol–water partition coefficient (Wildman–Crippen LogP) is 5.27. The molecule has 0 aliphatic carbocycles. The smallest absolute Gasteiger partial charge is 0.256 e. The fourth-order valence-corrected chi connectivity index (χ4v) is 2.72. The van der Waals surface area contributed by atoms with E-state index in [4.69, 9.17) is 23.2 Å². The predicted molar refractivity (Wildman–Crippen MR) is 97.3 cm³/mol. The Bertz CT molecular complexity index is 989. The summed E-state index contributed by atoms with van der Waals surface area (Å²) in [4.78, 5) is 12.3. The molecule has 0 bridgehead atoms. The second-order valence-electron chi connectivity index (χ2n) is 5.47. The second-order valence-corrected chi connectivity index (χ2v) is 6.28. The molecule has 3 aromatic rings. The number of anilines is 1. The number of carbonyl (C=O) groups is 1. The first-order valence-electron chi connectivity index (χ1n) is 7.69. The van der Waals surface area contributed by atoms with Gasteiger partial charge in [-0.2, -0.15) is 0 Å². The largest absolute Gasteiger partial charge is 0.305 e. The van der Waals surface area contributed by atoms with E-state index in [1.165, 1.54) is 28.9 Å². The summed E-state index contributed by atoms with van der Waals surface area (Å²) in [5.41, 5.74) is 1.05. The first-order valence-corrected chi connectivity index (χ1v) is 8.45. The lowest BCUT2D eigenvalue weighted by Crippen LogP contribution is -2.12. The van der Waals surface area contributed by atoms with Gasteiger partial charge in [-0.15, -0.1) is 5.10 Å². The molecule has 0 aliphatic rings. The standard InChI is InChI=1S/C18H13Cl2F2N3O/c1-2-12-9-17(23-18(26)10-3-5-13(19)14(20)7-10)24-25(12)16-6-4-11(21)8-15(16)22/h3-9H,2H2,1H3,(H,23,24,26). The number of amides is 1. The van der Waals surface area contributed by atoms with Crippen molar-refractivity contribution in [1.29, 1.82) is 0 Å². The van der Waals surface area contributed by atoms with Crippen LogP contribution in [0.25, 0.3) is 5.69 Å². The number of hydrogen-bond acceptors (Lipinski definition) is 2. The summed E-state index contributed by atoms with van der Waals surface area (Å²) in [6.45, 7) is 1.86. The van der Waals surface area contributed by atoms with E-state index in [-0.39, 0.29) is 16.5 Å². The minimum atomic E-state index is -0.745. The first kappa shape index (κ1) is 18.4. The Kier molecular flexibility index (Phi) is 5.25. The molecule has 8 heteroatoms. The fourth-order valence-electron chi connectivity index (χ4n) is 2.42.